The van der Waals surface area contributed by atoms with E-state index in [0.717, 1.165) is 47.6 Å². The van der Waals surface area contributed by atoms with Crippen LogP contribution in [0, 0.1) is 5.92 Å². The fourth-order valence-electron chi connectivity index (χ4n) is 6.95. The molecule has 3 rings (SSSR count). The second-order valence-electron chi connectivity index (χ2n) is 16.0. The van der Waals surface area contributed by atoms with Crippen molar-refractivity contribution in [1.29, 1.82) is 0 Å². The standard InChI is InChI=1S/C42H61N7O13/c1-23(2)13-11-9-7-8-10-12-14-34(52)47(5)32(22-50)40(57)44-24(3)38(55)43-21-35(53)48(6)36-27-15-16-33(51)28(20-27)29-17-26(19-31(37(29)54)49(61)62)18-30(42(59)60)46-39(56)25(4)45-41(36)58/h15-17,19-20,23-25,30,32,36,50-51,54,61-62H,7-14,18,21-22H2,1-6H3,(H,43,55)(H,44,57)(H,45,58)(H,46,56)(H,59,60)/p-1. The number of carbonyl (C=O) groups excluding carboxylic acids is 6. The number of anilines is 1. The molecule has 0 fully saturated rings. The molecule has 20 nitrogen and oxygen atoms in total. The highest BCUT2D eigenvalue weighted by molar-refractivity contribution is 5.96. The first-order valence-electron chi connectivity index (χ1n) is 20.6. The number of phenolic OH excluding ortho intramolecular Hbond substituents is 1. The molecule has 5 atom stereocenters. The average Bonchev–Trinajstić information content (AvgIpc) is 3.20. The van der Waals surface area contributed by atoms with Crippen molar-refractivity contribution >= 4 is 47.1 Å². The maximum atomic E-state index is 13.9. The number of rotatable bonds is 19. The van der Waals surface area contributed by atoms with Gasteiger partial charge in [-0.2, -0.15) is 0 Å². The first-order valence-corrected chi connectivity index (χ1v) is 20.6. The summed E-state index contributed by atoms with van der Waals surface area (Å²) in [6.45, 7) is 5.53. The maximum absolute atomic E-state index is 13.9. The van der Waals surface area contributed by atoms with Crippen molar-refractivity contribution in [2.45, 2.75) is 116 Å². The van der Waals surface area contributed by atoms with Gasteiger partial charge in [0.05, 0.1) is 18.8 Å². The van der Waals surface area contributed by atoms with Gasteiger partial charge in [-0.05, 0) is 61.1 Å². The van der Waals surface area contributed by atoms with Gasteiger partial charge < -0.3 is 51.5 Å². The number of carboxylic acid groups (broad SMARTS) is 1. The van der Waals surface area contributed by atoms with Gasteiger partial charge in [-0.25, -0.2) is 4.79 Å². The Hall–Kier alpha value is -5.99. The highest BCUT2D eigenvalue weighted by atomic mass is 16.8. The first-order chi connectivity index (χ1) is 29.2. The zero-order valence-electron chi connectivity index (χ0n) is 36.0. The molecule has 9 N–H and O–H groups in total. The van der Waals surface area contributed by atoms with E-state index in [1.807, 2.05) is 0 Å². The van der Waals surface area contributed by atoms with Crippen LogP contribution in [0.25, 0.3) is 11.1 Å². The average molecular weight is 871 g/mol. The molecule has 0 aromatic heterocycles. The van der Waals surface area contributed by atoms with Crippen molar-refractivity contribution in [1.82, 2.24) is 31.1 Å². The number of unbranched alkanes of at least 4 members (excludes halogenated alkanes) is 5. The normalized spacial score (nSPS) is 17.4. The van der Waals surface area contributed by atoms with Crippen LogP contribution in [0.4, 0.5) is 5.69 Å². The molecule has 20 heteroatoms. The van der Waals surface area contributed by atoms with E-state index >= 15 is 0 Å². The third-order valence-corrected chi connectivity index (χ3v) is 10.7. The number of aliphatic carboxylic acids is 1. The molecule has 2 aromatic carbocycles. The Kier molecular flexibility index (Phi) is 18.9. The molecule has 0 aliphatic carbocycles. The summed E-state index contributed by atoms with van der Waals surface area (Å²) < 4.78 is 0. The van der Waals surface area contributed by atoms with E-state index in [2.05, 4.69) is 35.1 Å². The van der Waals surface area contributed by atoms with E-state index in [9.17, 15) is 64.4 Å². The largest absolute Gasteiger partial charge is 0.871 e. The van der Waals surface area contributed by atoms with Gasteiger partial charge in [0.15, 0.2) is 0 Å². The number of carbonyl (C=O) groups is 7. The molecule has 6 amide bonds. The lowest BCUT2D eigenvalue weighted by molar-refractivity contribution is -0.267. The molecule has 2 aromatic rings. The zero-order valence-corrected chi connectivity index (χ0v) is 36.0. The van der Waals surface area contributed by atoms with E-state index in [4.69, 9.17) is 0 Å². The molecule has 0 spiro atoms. The number of benzene rings is 2. The molecule has 0 saturated heterocycles. The van der Waals surface area contributed by atoms with Crippen molar-refractivity contribution in [3.63, 3.8) is 0 Å². The van der Waals surface area contributed by atoms with Crippen molar-refractivity contribution in [3.8, 4) is 22.6 Å². The molecular formula is C42H60N7O13-. The molecule has 4 bridgehead atoms. The number of aliphatic hydroxyl groups is 1. The molecule has 1 aliphatic rings. The number of aliphatic hydroxyl groups excluding tert-OH is 1. The summed E-state index contributed by atoms with van der Waals surface area (Å²) in [5, 5.41) is 72.9. The van der Waals surface area contributed by atoms with Crippen LogP contribution in [0.15, 0.2) is 30.3 Å². The summed E-state index contributed by atoms with van der Waals surface area (Å²) in [7, 11) is 2.59. The zero-order chi connectivity index (χ0) is 46.4. The molecule has 342 valence electrons. The SMILES string of the molecule is CC(C)CCCCCCCCC(=O)N(C)C(CO)C(=O)NC(C)C(=O)NCC(=O)N(C)C1C(=O)NC(C)C(=O)NC(C(=O)O)Cc2cc(c([O-])c(N(O)O)c2)-c2cc1ccc2O. The lowest BCUT2D eigenvalue weighted by Gasteiger charge is -2.31. The quantitative estimate of drug-likeness (QED) is 0.0705. The number of carboxylic acids is 1. The van der Waals surface area contributed by atoms with E-state index in [1.165, 1.54) is 59.0 Å². The minimum absolute atomic E-state index is 0.00629. The molecule has 0 saturated carbocycles. The molecule has 0 radical (unpaired) electrons. The number of hydrogen-bond acceptors (Lipinski definition) is 13. The van der Waals surface area contributed by atoms with Gasteiger partial charge in [0.1, 0.15) is 36.0 Å². The predicted octanol–water partition coefficient (Wildman–Crippen LogP) is 1.06. The topological polar surface area (TPSA) is 302 Å². The Labute approximate surface area is 360 Å². The second kappa shape index (κ2) is 23.3. The Balaban J connectivity index is 1.77. The fraction of sp³-hybridized carbons (Fsp3) is 0.548. The third-order valence-electron chi connectivity index (χ3n) is 10.7. The third kappa shape index (κ3) is 13.8. The number of likely N-dealkylation sites (N-methyl/N-ethyl adjacent to an activating group) is 2. The Bertz CT molecular complexity index is 1940. The highest BCUT2D eigenvalue weighted by Crippen LogP contribution is 2.42. The summed E-state index contributed by atoms with van der Waals surface area (Å²) in [6.07, 6.45) is 6.74. The van der Waals surface area contributed by atoms with Crippen LogP contribution in [-0.4, -0.2) is 128 Å². The summed E-state index contributed by atoms with van der Waals surface area (Å²) in [5.74, 6) is -7.11. The number of nitrogens with zero attached hydrogens (tertiary/aromatic N) is 3. The summed E-state index contributed by atoms with van der Waals surface area (Å²) in [4.78, 5) is 93.9. The smallest absolute Gasteiger partial charge is 0.326 e. The maximum Gasteiger partial charge on any atom is 0.326 e. The first kappa shape index (κ1) is 50.4. The number of fused-ring (bicyclic) bond motifs is 5. The van der Waals surface area contributed by atoms with E-state index in [1.54, 1.807) is 0 Å². The van der Waals surface area contributed by atoms with E-state index in [-0.39, 0.29) is 34.6 Å². The van der Waals surface area contributed by atoms with Gasteiger partial charge in [-0.15, -0.1) is 5.23 Å². The number of phenols is 1. The minimum Gasteiger partial charge on any atom is -0.871 e. The summed E-state index contributed by atoms with van der Waals surface area (Å²) in [5.41, 5.74) is -1.27. The van der Waals surface area contributed by atoms with Gasteiger partial charge in [-0.1, -0.05) is 70.3 Å². The molecule has 1 aliphatic heterocycles. The van der Waals surface area contributed by atoms with Crippen LogP contribution in [0.5, 0.6) is 11.5 Å². The van der Waals surface area contributed by atoms with Gasteiger partial charge in [0.2, 0.25) is 35.4 Å². The monoisotopic (exact) mass is 870 g/mol. The molecule has 62 heavy (non-hydrogen) atoms. The van der Waals surface area contributed by atoms with E-state index < -0.39 is 108 Å². The Morgan fingerprint density at radius 3 is 2.13 bits per heavy atom. The van der Waals surface area contributed by atoms with Crippen molar-refractivity contribution < 1.29 is 64.4 Å². The van der Waals surface area contributed by atoms with Crippen LogP contribution >= 0.6 is 0 Å². The van der Waals surface area contributed by atoms with Crippen LogP contribution in [-0.2, 0) is 40.0 Å². The van der Waals surface area contributed by atoms with Crippen LogP contribution < -0.4 is 31.6 Å². The number of nitrogens with one attached hydrogen (secondary N) is 4. The van der Waals surface area contributed by atoms with Crippen LogP contribution in [0.2, 0.25) is 0 Å². The van der Waals surface area contributed by atoms with Crippen molar-refractivity contribution in [2.75, 3.05) is 32.5 Å². The lowest BCUT2D eigenvalue weighted by atomic mass is 9.93. The van der Waals surface area contributed by atoms with Crippen molar-refractivity contribution in [2.24, 2.45) is 5.92 Å². The van der Waals surface area contributed by atoms with Gasteiger partial charge in [0.25, 0.3) is 0 Å². The van der Waals surface area contributed by atoms with Crippen molar-refractivity contribution in [3.05, 3.63) is 41.5 Å². The number of aromatic hydroxyl groups is 1. The molecule has 1 heterocycles. The molecular weight excluding hydrogens is 810 g/mol. The van der Waals surface area contributed by atoms with Crippen LogP contribution in [0.1, 0.15) is 96.2 Å². The predicted molar refractivity (Wildman–Crippen MR) is 221 cm³/mol. The number of hydrogen-bond donors (Lipinski definition) is 9. The minimum atomic E-state index is -1.63. The van der Waals surface area contributed by atoms with Gasteiger partial charge >= 0.3 is 5.97 Å². The van der Waals surface area contributed by atoms with Crippen LogP contribution in [0.3, 0.4) is 0 Å². The second-order valence-corrected chi connectivity index (χ2v) is 16.0. The lowest BCUT2D eigenvalue weighted by Crippen LogP contribution is -2.55. The Morgan fingerprint density at radius 2 is 1.52 bits per heavy atom. The van der Waals surface area contributed by atoms with Gasteiger partial charge in [0, 0.05) is 32.5 Å². The highest BCUT2D eigenvalue weighted by Gasteiger charge is 2.34. The summed E-state index contributed by atoms with van der Waals surface area (Å²) in [6, 6.07) is -1.42. The summed E-state index contributed by atoms with van der Waals surface area (Å²) >= 11 is 0. The Morgan fingerprint density at radius 1 is 0.871 bits per heavy atom. The van der Waals surface area contributed by atoms with E-state index in [0.29, 0.717) is 12.3 Å². The fourth-order valence-corrected chi connectivity index (χ4v) is 6.95. The molecule has 5 unspecified atom stereocenters. The number of amides is 6. The van der Waals surface area contributed by atoms with Gasteiger partial charge in [-0.3, -0.25) is 39.2 Å².